The van der Waals surface area contributed by atoms with E-state index in [0.29, 0.717) is 40.9 Å². The molecule has 1 aliphatic heterocycles. The molecule has 14 nitrogen and oxygen atoms in total. The largest absolute Gasteiger partial charge is 0.487 e. The van der Waals surface area contributed by atoms with Crippen LogP contribution in [0.1, 0.15) is 45.1 Å². The number of hydrogen-bond donors (Lipinski definition) is 1. The number of benzene rings is 1. The van der Waals surface area contributed by atoms with Crippen molar-refractivity contribution in [2.75, 3.05) is 51.4 Å². The number of ether oxygens (including phenoxy) is 4. The average Bonchev–Trinajstić information content (AvgIpc) is 3.77. The summed E-state index contributed by atoms with van der Waals surface area (Å²) in [5.41, 5.74) is 2.11. The van der Waals surface area contributed by atoms with E-state index in [1.807, 2.05) is 29.9 Å². The molecule has 1 N–H and O–H groups in total. The predicted molar refractivity (Wildman–Crippen MR) is 177 cm³/mol. The standard InChI is InChI=1S/C32H40ClF3N10O4/c1-22(18-45-21-39-42-43-45)50-29-15-23(3-8-27(29)33)24-16-37-31(38-17-24)40-28-19-46(41-30(28)49-12-2-11-48-20-32(34,35)36)26-6-4-25(5-7-26)44-9-13-47-14-10-44/h3,8,15-17,19,21-22,25-26H,2,4-7,9-14,18,20H2,1H3,(H,37,38,40). The van der Waals surface area contributed by atoms with Crippen molar-refractivity contribution in [3.05, 3.63) is 48.1 Å². The van der Waals surface area contributed by atoms with Crippen LogP contribution in [0.5, 0.6) is 11.6 Å². The molecule has 1 saturated heterocycles. The average molecular weight is 721 g/mol. The lowest BCUT2D eigenvalue weighted by atomic mass is 9.90. The van der Waals surface area contributed by atoms with Gasteiger partial charge in [-0.25, -0.2) is 14.6 Å². The minimum atomic E-state index is -4.37. The molecule has 0 spiro atoms. The maximum absolute atomic E-state index is 12.4. The lowest BCUT2D eigenvalue weighted by molar-refractivity contribution is -0.174. The Balaban J connectivity index is 1.11. The Labute approximate surface area is 292 Å². The highest BCUT2D eigenvalue weighted by Gasteiger charge is 2.29. The summed E-state index contributed by atoms with van der Waals surface area (Å²) in [4.78, 5) is 11.6. The van der Waals surface area contributed by atoms with Crippen LogP contribution in [0.15, 0.2) is 43.1 Å². The molecule has 1 unspecified atom stereocenters. The summed E-state index contributed by atoms with van der Waals surface area (Å²) in [6.07, 6.45) is 6.44. The van der Waals surface area contributed by atoms with Crippen LogP contribution >= 0.6 is 11.6 Å². The highest BCUT2D eigenvalue weighted by molar-refractivity contribution is 6.32. The molecule has 0 amide bonds. The molecule has 6 rings (SSSR count). The lowest BCUT2D eigenvalue weighted by Gasteiger charge is -2.38. The number of hydrogen-bond acceptors (Lipinski definition) is 12. The molecule has 1 atom stereocenters. The molecule has 1 aromatic carbocycles. The first-order chi connectivity index (χ1) is 24.2. The van der Waals surface area contributed by atoms with Crippen molar-refractivity contribution in [1.82, 2.24) is 44.9 Å². The Bertz CT molecular complexity index is 1630. The number of aromatic nitrogens is 8. The van der Waals surface area contributed by atoms with Gasteiger partial charge in [0.15, 0.2) is 0 Å². The number of alkyl halides is 3. The Kier molecular flexibility index (Phi) is 12.0. The molecule has 4 heterocycles. The number of halogens is 4. The van der Waals surface area contributed by atoms with Crippen LogP contribution < -0.4 is 14.8 Å². The summed E-state index contributed by atoms with van der Waals surface area (Å²) in [7, 11) is 0. The molecule has 0 bridgehead atoms. The Hall–Kier alpha value is -4.06. The number of anilines is 2. The van der Waals surface area contributed by atoms with Crippen LogP contribution in [0.3, 0.4) is 0 Å². The van der Waals surface area contributed by atoms with Gasteiger partial charge in [0.05, 0.1) is 50.2 Å². The summed E-state index contributed by atoms with van der Waals surface area (Å²) >= 11 is 6.43. The quantitative estimate of drug-likeness (QED) is 0.158. The molecule has 1 aliphatic carbocycles. The van der Waals surface area contributed by atoms with E-state index in [9.17, 15) is 13.2 Å². The number of nitrogens with one attached hydrogen (secondary N) is 1. The van der Waals surface area contributed by atoms with Crippen LogP contribution in [-0.4, -0.2) is 109 Å². The van der Waals surface area contributed by atoms with Gasteiger partial charge in [-0.2, -0.15) is 13.2 Å². The third kappa shape index (κ3) is 10.0. The fourth-order valence-electron chi connectivity index (χ4n) is 6.12. The van der Waals surface area contributed by atoms with Crippen molar-refractivity contribution < 1.29 is 32.1 Å². The summed E-state index contributed by atoms with van der Waals surface area (Å²) in [5, 5.41) is 19.6. The number of nitrogens with zero attached hydrogens (tertiary/aromatic N) is 9. The van der Waals surface area contributed by atoms with Crippen LogP contribution in [-0.2, 0) is 16.0 Å². The minimum Gasteiger partial charge on any atom is -0.487 e. The monoisotopic (exact) mass is 720 g/mol. The molecule has 50 heavy (non-hydrogen) atoms. The van der Waals surface area contributed by atoms with Gasteiger partial charge in [-0.05, 0) is 60.7 Å². The summed E-state index contributed by atoms with van der Waals surface area (Å²) in [6, 6.07) is 6.15. The third-order valence-corrected chi connectivity index (χ3v) is 8.88. The van der Waals surface area contributed by atoms with E-state index in [1.54, 1.807) is 23.1 Å². The maximum Gasteiger partial charge on any atom is 0.411 e. The predicted octanol–water partition coefficient (Wildman–Crippen LogP) is 5.35. The summed E-state index contributed by atoms with van der Waals surface area (Å²) in [5.74, 6) is 1.14. The van der Waals surface area contributed by atoms with E-state index < -0.39 is 12.8 Å². The van der Waals surface area contributed by atoms with Gasteiger partial charge >= 0.3 is 6.18 Å². The second-order valence-electron chi connectivity index (χ2n) is 12.3. The van der Waals surface area contributed by atoms with Gasteiger partial charge in [0, 0.05) is 43.5 Å². The van der Waals surface area contributed by atoms with Gasteiger partial charge in [0.1, 0.15) is 30.5 Å². The van der Waals surface area contributed by atoms with Gasteiger partial charge in [0.25, 0.3) is 5.88 Å². The Morgan fingerprint density at radius 3 is 2.52 bits per heavy atom. The van der Waals surface area contributed by atoms with E-state index in [2.05, 4.69) is 35.7 Å². The first-order valence-electron chi connectivity index (χ1n) is 16.6. The molecule has 270 valence electrons. The highest BCUT2D eigenvalue weighted by Crippen LogP contribution is 2.35. The topological polar surface area (TPSA) is 139 Å². The van der Waals surface area contributed by atoms with Crippen molar-refractivity contribution in [2.24, 2.45) is 0 Å². The van der Waals surface area contributed by atoms with Gasteiger partial charge in [-0.15, -0.1) is 10.2 Å². The normalized spacial score (nSPS) is 19.3. The second kappa shape index (κ2) is 16.8. The fourth-order valence-corrected chi connectivity index (χ4v) is 6.28. The summed E-state index contributed by atoms with van der Waals surface area (Å²) in [6.45, 7) is 4.56. The van der Waals surface area contributed by atoms with E-state index in [-0.39, 0.29) is 31.8 Å². The Morgan fingerprint density at radius 1 is 1.04 bits per heavy atom. The third-order valence-electron chi connectivity index (χ3n) is 8.56. The Morgan fingerprint density at radius 2 is 1.80 bits per heavy atom. The zero-order chi connectivity index (χ0) is 34.9. The van der Waals surface area contributed by atoms with Crippen molar-refractivity contribution in [2.45, 2.75) is 69.9 Å². The van der Waals surface area contributed by atoms with Crippen LogP contribution in [0, 0.1) is 0 Å². The van der Waals surface area contributed by atoms with Gasteiger partial charge in [0.2, 0.25) is 5.95 Å². The molecular formula is C32H40ClF3N10O4. The van der Waals surface area contributed by atoms with E-state index in [0.717, 1.165) is 63.1 Å². The van der Waals surface area contributed by atoms with Crippen LogP contribution in [0.4, 0.5) is 24.8 Å². The zero-order valence-corrected chi connectivity index (χ0v) is 28.4. The first kappa shape index (κ1) is 35.8. The van der Waals surface area contributed by atoms with E-state index in [4.69, 9.17) is 35.6 Å². The van der Waals surface area contributed by atoms with Crippen molar-refractivity contribution in [3.8, 4) is 22.8 Å². The lowest BCUT2D eigenvalue weighted by Crippen LogP contribution is -2.45. The highest BCUT2D eigenvalue weighted by atomic mass is 35.5. The maximum atomic E-state index is 12.4. The molecule has 2 fully saturated rings. The molecule has 0 radical (unpaired) electrons. The minimum absolute atomic E-state index is 0.0885. The van der Waals surface area contributed by atoms with E-state index in [1.165, 1.54) is 6.33 Å². The van der Waals surface area contributed by atoms with Crippen molar-refractivity contribution in [1.29, 1.82) is 0 Å². The zero-order valence-electron chi connectivity index (χ0n) is 27.6. The molecular weight excluding hydrogens is 681 g/mol. The number of morpholine rings is 1. The van der Waals surface area contributed by atoms with Crippen LogP contribution in [0.25, 0.3) is 11.1 Å². The second-order valence-corrected chi connectivity index (χ2v) is 12.7. The fraction of sp³-hybridized carbons (Fsp3) is 0.562. The molecule has 18 heteroatoms. The van der Waals surface area contributed by atoms with E-state index >= 15 is 0 Å². The smallest absolute Gasteiger partial charge is 0.411 e. The molecule has 3 aromatic heterocycles. The van der Waals surface area contributed by atoms with Gasteiger partial charge in [-0.3, -0.25) is 9.58 Å². The summed E-state index contributed by atoms with van der Waals surface area (Å²) < 4.78 is 63.1. The van der Waals surface area contributed by atoms with Crippen molar-refractivity contribution >= 4 is 23.2 Å². The van der Waals surface area contributed by atoms with Gasteiger partial charge < -0.3 is 24.3 Å². The van der Waals surface area contributed by atoms with Crippen molar-refractivity contribution in [3.63, 3.8) is 0 Å². The molecule has 2 aliphatic rings. The number of tetrazole rings is 1. The molecule has 1 saturated carbocycles. The van der Waals surface area contributed by atoms with Gasteiger partial charge in [-0.1, -0.05) is 17.7 Å². The SMILES string of the molecule is CC(Cn1cnnn1)Oc1cc(-c2cnc(Nc3cn(C4CCC(N5CCOCC5)CC4)nc3OCCCOCC(F)(F)F)nc2)ccc1Cl. The molecule has 4 aromatic rings. The number of rotatable bonds is 15. The first-order valence-corrected chi connectivity index (χ1v) is 17.0. The van der Waals surface area contributed by atoms with Crippen LogP contribution in [0.2, 0.25) is 5.02 Å².